The fraction of sp³-hybridized carbons (Fsp3) is 0.222. The molecule has 0 radical (unpaired) electrons. The van der Waals surface area contributed by atoms with Crippen LogP contribution >= 0.6 is 23.2 Å². The van der Waals surface area contributed by atoms with Gasteiger partial charge in [0.05, 0.1) is 36.4 Å². The van der Waals surface area contributed by atoms with Gasteiger partial charge >= 0.3 is 0 Å². The van der Waals surface area contributed by atoms with Crippen molar-refractivity contribution in [1.82, 2.24) is 19.9 Å². The fourth-order valence-electron chi connectivity index (χ4n) is 5.95. The minimum absolute atomic E-state index is 0.0712. The molecular weight excluding hydrogens is 651 g/mol. The van der Waals surface area contributed by atoms with Crippen LogP contribution in [0.4, 0.5) is 11.6 Å². The zero-order valence-corrected chi connectivity index (χ0v) is 27.3. The number of aromatic nitrogens is 4. The van der Waals surface area contributed by atoms with Crippen LogP contribution in [-0.4, -0.2) is 70.0 Å². The number of nitrogens with one attached hydrogen (secondary N) is 4. The molecule has 2 aromatic carbocycles. The average Bonchev–Trinajstić information content (AvgIpc) is 3.93. The number of rotatable bonds is 8. The van der Waals surface area contributed by atoms with Gasteiger partial charge in [0, 0.05) is 81.0 Å². The average molecular weight is 684 g/mol. The molecule has 2 fully saturated rings. The summed E-state index contributed by atoms with van der Waals surface area (Å²) < 4.78 is 10.8. The van der Waals surface area contributed by atoms with Crippen LogP contribution in [0.5, 0.6) is 0 Å². The Morgan fingerprint density at radius 1 is 0.667 bits per heavy atom. The van der Waals surface area contributed by atoms with Crippen LogP contribution < -0.4 is 10.6 Å². The second-order valence-electron chi connectivity index (χ2n) is 11.7. The Morgan fingerprint density at radius 3 is 1.54 bits per heavy atom. The number of hydrogen-bond donors (Lipinski definition) is 4. The number of pyridine rings is 2. The van der Waals surface area contributed by atoms with E-state index in [-0.39, 0.29) is 23.7 Å². The van der Waals surface area contributed by atoms with Crippen molar-refractivity contribution in [3.63, 3.8) is 0 Å². The van der Waals surface area contributed by atoms with Crippen molar-refractivity contribution in [2.24, 2.45) is 0 Å². The number of halogens is 2. The van der Waals surface area contributed by atoms with Gasteiger partial charge in [-0.25, -0.2) is 9.97 Å². The lowest BCUT2D eigenvalue weighted by Gasteiger charge is -2.14. The molecule has 10 nitrogen and oxygen atoms in total. The van der Waals surface area contributed by atoms with Crippen LogP contribution in [0.1, 0.15) is 44.7 Å². The van der Waals surface area contributed by atoms with Gasteiger partial charge in [0.2, 0.25) is 0 Å². The number of ether oxygens (including phenoxy) is 2. The zero-order valence-electron chi connectivity index (χ0n) is 25.8. The Bertz CT molecular complexity index is 1950. The minimum atomic E-state index is -0.0712. The van der Waals surface area contributed by atoms with Crippen LogP contribution in [0.2, 0.25) is 10.0 Å². The molecular formula is C36H32Cl2N6O4. The summed E-state index contributed by atoms with van der Waals surface area (Å²) in [5.41, 5.74) is 4.02. The second-order valence-corrected chi connectivity index (χ2v) is 12.5. The number of benzene rings is 2. The first-order chi connectivity index (χ1) is 23.4. The first kappa shape index (κ1) is 31.8. The molecule has 0 bridgehead atoms. The molecule has 2 aliphatic rings. The summed E-state index contributed by atoms with van der Waals surface area (Å²) in [6, 6.07) is 18.4. The summed E-state index contributed by atoms with van der Waals surface area (Å²) in [4.78, 5) is 41.0. The van der Waals surface area contributed by atoms with Gasteiger partial charge in [-0.2, -0.15) is 0 Å². The number of H-pyrrole nitrogens is 2. The van der Waals surface area contributed by atoms with Gasteiger partial charge in [-0.15, -0.1) is 0 Å². The maximum Gasteiger partial charge on any atom is 0.198 e. The molecule has 2 unspecified atom stereocenters. The molecule has 48 heavy (non-hydrogen) atoms. The molecule has 6 aromatic rings. The lowest BCUT2D eigenvalue weighted by atomic mass is 10.0. The van der Waals surface area contributed by atoms with E-state index in [9.17, 15) is 9.59 Å². The van der Waals surface area contributed by atoms with E-state index in [0.29, 0.717) is 57.1 Å². The smallest absolute Gasteiger partial charge is 0.198 e. The van der Waals surface area contributed by atoms with E-state index in [1.54, 1.807) is 61.2 Å². The highest BCUT2D eigenvalue weighted by Crippen LogP contribution is 2.28. The molecule has 12 heteroatoms. The quantitative estimate of drug-likeness (QED) is 0.123. The number of aromatic amines is 2. The van der Waals surface area contributed by atoms with E-state index in [1.165, 1.54) is 0 Å². The minimum Gasteiger partial charge on any atom is -0.379 e. The molecule has 8 rings (SSSR count). The number of fused-ring (bicyclic) bond motifs is 2. The number of anilines is 2. The molecule has 6 heterocycles. The van der Waals surface area contributed by atoms with E-state index in [0.717, 1.165) is 47.9 Å². The van der Waals surface area contributed by atoms with Crippen LogP contribution in [0, 0.1) is 0 Å². The van der Waals surface area contributed by atoms with Crippen LogP contribution in [0.3, 0.4) is 0 Å². The Hall–Kier alpha value is -4.74. The molecule has 0 saturated carbocycles. The summed E-state index contributed by atoms with van der Waals surface area (Å²) in [6.07, 6.45) is 8.64. The van der Waals surface area contributed by atoms with E-state index in [4.69, 9.17) is 32.7 Å². The summed E-state index contributed by atoms with van der Waals surface area (Å²) in [5, 5.41) is 9.61. The highest BCUT2D eigenvalue weighted by Gasteiger charge is 2.23. The summed E-state index contributed by atoms with van der Waals surface area (Å²) >= 11 is 12.0. The third-order valence-electron chi connectivity index (χ3n) is 8.42. The summed E-state index contributed by atoms with van der Waals surface area (Å²) in [7, 11) is 0. The summed E-state index contributed by atoms with van der Waals surface area (Å²) in [5.74, 6) is 1.05. The van der Waals surface area contributed by atoms with Gasteiger partial charge < -0.3 is 30.1 Å². The van der Waals surface area contributed by atoms with Crippen LogP contribution in [0.15, 0.2) is 85.5 Å². The molecule has 244 valence electrons. The maximum atomic E-state index is 13.0. The first-order valence-corrected chi connectivity index (χ1v) is 16.4. The summed E-state index contributed by atoms with van der Waals surface area (Å²) in [6.45, 7) is 2.74. The highest BCUT2D eigenvalue weighted by molar-refractivity contribution is 6.32. The number of nitrogens with zero attached hydrogens (tertiary/aromatic N) is 2. The van der Waals surface area contributed by atoms with Gasteiger partial charge in [0.15, 0.2) is 11.6 Å². The third kappa shape index (κ3) is 6.79. The van der Waals surface area contributed by atoms with Crippen molar-refractivity contribution in [1.29, 1.82) is 0 Å². The molecule has 2 saturated heterocycles. The zero-order chi connectivity index (χ0) is 33.0. The van der Waals surface area contributed by atoms with Gasteiger partial charge in [-0.1, -0.05) is 35.3 Å². The van der Waals surface area contributed by atoms with Crippen molar-refractivity contribution < 1.29 is 19.1 Å². The first-order valence-electron chi connectivity index (χ1n) is 15.7. The van der Waals surface area contributed by atoms with Gasteiger partial charge in [-0.3, -0.25) is 9.59 Å². The Labute approximate surface area is 286 Å². The van der Waals surface area contributed by atoms with E-state index < -0.39 is 0 Å². The predicted molar refractivity (Wildman–Crippen MR) is 188 cm³/mol. The molecule has 0 amide bonds. The number of carbonyl (C=O) groups excluding carboxylic acids is 2. The van der Waals surface area contributed by atoms with Gasteiger partial charge in [-0.05, 0) is 61.4 Å². The van der Waals surface area contributed by atoms with Crippen molar-refractivity contribution >= 4 is 68.2 Å². The normalized spacial score (nSPS) is 17.3. The third-order valence-corrected chi connectivity index (χ3v) is 8.89. The lowest BCUT2D eigenvalue weighted by molar-refractivity contribution is 0.103. The number of hydrogen-bond acceptors (Lipinski definition) is 8. The van der Waals surface area contributed by atoms with E-state index in [1.807, 2.05) is 24.3 Å². The van der Waals surface area contributed by atoms with E-state index >= 15 is 0 Å². The van der Waals surface area contributed by atoms with Crippen molar-refractivity contribution in [3.05, 3.63) is 118 Å². The maximum absolute atomic E-state index is 13.0. The standard InChI is InChI=1S/2C18H16ClN3O2/c2*19-11-3-4-13-15(9-21-16(13)8-11)17(23)14-2-1-6-20-18(14)22-12-5-7-24-10-12/h2*1-4,6,8-9,12,21H,5,7,10H2,(H,20,22). The fourth-order valence-corrected chi connectivity index (χ4v) is 6.30. The lowest BCUT2D eigenvalue weighted by Crippen LogP contribution is -2.21. The van der Waals surface area contributed by atoms with E-state index in [2.05, 4.69) is 30.6 Å². The largest absolute Gasteiger partial charge is 0.379 e. The number of carbonyl (C=O) groups is 2. The van der Waals surface area contributed by atoms with Gasteiger partial charge in [0.1, 0.15) is 11.6 Å². The molecule has 0 spiro atoms. The topological polar surface area (TPSA) is 134 Å². The second kappa shape index (κ2) is 14.2. The molecule has 0 aliphatic carbocycles. The Balaban J connectivity index is 0.000000152. The number of ketones is 2. The Morgan fingerprint density at radius 2 is 1.12 bits per heavy atom. The SMILES string of the molecule is O=C(c1cccnc1NC1CCOC1)c1c[nH]c2cc(Cl)ccc12.O=C(c1cccnc1NC1CCOC1)c1c[nH]c2cc(Cl)ccc12. The van der Waals surface area contributed by atoms with Crippen LogP contribution in [-0.2, 0) is 9.47 Å². The molecule has 4 N–H and O–H groups in total. The predicted octanol–water partition coefficient (Wildman–Crippen LogP) is 7.30. The monoisotopic (exact) mass is 682 g/mol. The Kier molecular flexibility index (Phi) is 9.40. The van der Waals surface area contributed by atoms with Crippen molar-refractivity contribution in [2.45, 2.75) is 24.9 Å². The highest BCUT2D eigenvalue weighted by atomic mass is 35.5. The van der Waals surface area contributed by atoms with Crippen LogP contribution in [0.25, 0.3) is 21.8 Å². The van der Waals surface area contributed by atoms with Crippen molar-refractivity contribution in [3.8, 4) is 0 Å². The molecule has 2 aliphatic heterocycles. The van der Waals surface area contributed by atoms with Crippen molar-refractivity contribution in [2.75, 3.05) is 37.1 Å². The van der Waals surface area contributed by atoms with Gasteiger partial charge in [0.25, 0.3) is 0 Å². The molecule has 2 atom stereocenters. The molecule has 4 aromatic heterocycles.